The highest BCUT2D eigenvalue weighted by atomic mass is 32.5. The Bertz CT molecular complexity index is 1890. The number of H-pyrrole nitrogens is 1. The van der Waals surface area contributed by atoms with Crippen molar-refractivity contribution in [2.45, 2.75) is 54.5 Å². The molecule has 222 valence electrons. The van der Waals surface area contributed by atoms with Gasteiger partial charge in [-0.2, -0.15) is 17.6 Å². The Morgan fingerprint density at radius 3 is 2.81 bits per heavy atom. The van der Waals surface area contributed by atoms with Crippen molar-refractivity contribution >= 4 is 65.2 Å². The third-order valence-electron chi connectivity index (χ3n) is 8.80. The summed E-state index contributed by atoms with van der Waals surface area (Å²) < 4.78 is 44.0. The van der Waals surface area contributed by atoms with Crippen LogP contribution in [-0.2, 0) is 30.3 Å². The second-order valence-electron chi connectivity index (χ2n) is 11.1. The molecule has 16 nitrogen and oxygen atoms in total. The number of thiol groups is 1. The van der Waals surface area contributed by atoms with E-state index in [1.54, 1.807) is 17.8 Å². The summed E-state index contributed by atoms with van der Waals surface area (Å²) in [5.74, 6) is -0.724. The summed E-state index contributed by atoms with van der Waals surface area (Å²) in [4.78, 5) is 46.5. The van der Waals surface area contributed by atoms with Gasteiger partial charge in [-0.25, -0.2) is 24.3 Å². The van der Waals surface area contributed by atoms with Gasteiger partial charge in [-0.3, -0.25) is 23.4 Å². The van der Waals surface area contributed by atoms with Crippen molar-refractivity contribution in [3.8, 4) is 0 Å². The normalized spacial score (nSPS) is 39.9. The number of ether oxygens (including phenoxy) is 2. The van der Waals surface area contributed by atoms with Crippen molar-refractivity contribution in [3.63, 3.8) is 0 Å². The summed E-state index contributed by atoms with van der Waals surface area (Å²) in [7, 11) is 0. The molecule has 7 heterocycles. The minimum Gasteiger partial charge on any atom is -0.382 e. The van der Waals surface area contributed by atoms with Crippen LogP contribution in [0, 0.1) is 11.8 Å². The maximum absolute atomic E-state index is 16.4. The predicted molar refractivity (Wildman–Crippen MR) is 150 cm³/mol. The Balaban J connectivity index is 1.10. The molecule has 1 saturated carbocycles. The minimum absolute atomic E-state index is 0.0154. The lowest BCUT2D eigenvalue weighted by molar-refractivity contribution is -0.265. The maximum Gasteiger partial charge on any atom is 0.325 e. The van der Waals surface area contributed by atoms with Crippen LogP contribution in [0.1, 0.15) is 24.9 Å². The molecular weight excluding hydrogens is 614 g/mol. The number of imidazole rings is 2. The molecule has 4 aromatic rings. The molecule has 10 atom stereocenters. The number of fused-ring (bicyclic) bond motifs is 2. The van der Waals surface area contributed by atoms with Crippen LogP contribution in [0.3, 0.4) is 0 Å². The molecule has 0 amide bonds. The Morgan fingerprint density at radius 1 is 1.21 bits per heavy atom. The molecule has 4 fully saturated rings. The Morgan fingerprint density at radius 2 is 2.00 bits per heavy atom. The smallest absolute Gasteiger partial charge is 0.325 e. The van der Waals surface area contributed by atoms with Gasteiger partial charge in [0, 0.05) is 0 Å². The standard InChI is InChI=1S/C22H24FN10O6PS2/c1-7-2-21-13-12(37-21)18(32-5-28-9-14(24)26-4-27-15(9)32)38-22(13,21)3-36-40(35,42)39-11(8(7)23)19(41)33-6-29-10-16(33)30-20(25)31-17(10)34/h4-8,11-13,18-19,41H,2-3H2,1H3,(H,35,42)(H2,24,26,27)(H3,25,30,31,34)/t7?,8-,11+,12+,13+,18+,19+,21?,22-,40?/m0/s1. The SMILES string of the molecule is CC1CC23O[C@H]4[C@H](n5cnc6c(N)ncnc65)O[C@@]2(COP(O)(=S)O[C@@H]([C@@H](S)n2cnc5c(=O)[nH]c(N)nc52)[C@H]1F)[C@H]43. The minimum atomic E-state index is -4.06. The van der Waals surface area contributed by atoms with E-state index < -0.39 is 59.4 Å². The first-order valence-electron chi connectivity index (χ1n) is 13.0. The number of nitrogens with one attached hydrogen (secondary N) is 1. The van der Waals surface area contributed by atoms with Gasteiger partial charge in [0.2, 0.25) is 5.95 Å². The molecule has 1 aliphatic carbocycles. The fourth-order valence-corrected chi connectivity index (χ4v) is 8.81. The fraction of sp³-hybridized carbons (Fsp3) is 0.545. The van der Waals surface area contributed by atoms with Crippen LogP contribution in [0.15, 0.2) is 23.8 Å². The van der Waals surface area contributed by atoms with Crippen molar-refractivity contribution in [2.75, 3.05) is 18.1 Å². The van der Waals surface area contributed by atoms with Crippen LogP contribution in [0.4, 0.5) is 16.2 Å². The molecule has 20 heteroatoms. The zero-order valence-electron chi connectivity index (χ0n) is 21.6. The third-order valence-corrected chi connectivity index (χ3v) is 10.9. The van der Waals surface area contributed by atoms with Gasteiger partial charge in [0.1, 0.15) is 46.8 Å². The molecule has 6 N–H and O–H groups in total. The zero-order valence-corrected chi connectivity index (χ0v) is 24.2. The molecule has 0 bridgehead atoms. The highest BCUT2D eigenvalue weighted by molar-refractivity contribution is 8.07. The highest BCUT2D eigenvalue weighted by Crippen LogP contribution is 2.80. The number of rotatable bonds is 3. The summed E-state index contributed by atoms with van der Waals surface area (Å²) >= 11 is 9.92. The van der Waals surface area contributed by atoms with Gasteiger partial charge in [-0.1, -0.05) is 6.92 Å². The molecule has 42 heavy (non-hydrogen) atoms. The number of nitrogens with two attached hydrogens (primary N) is 2. The summed E-state index contributed by atoms with van der Waals surface area (Å²) in [6, 6.07) is 0. The van der Waals surface area contributed by atoms with Crippen molar-refractivity contribution in [3.05, 3.63) is 29.3 Å². The number of nitrogen functional groups attached to an aromatic ring is 2. The van der Waals surface area contributed by atoms with Crippen LogP contribution in [0.5, 0.6) is 0 Å². The lowest BCUT2D eigenvalue weighted by Crippen LogP contribution is -2.53. The molecule has 0 aromatic carbocycles. The zero-order chi connectivity index (χ0) is 29.3. The third kappa shape index (κ3) is 3.44. The number of anilines is 2. The molecule has 4 aliphatic rings. The first-order chi connectivity index (χ1) is 20.0. The van der Waals surface area contributed by atoms with E-state index in [9.17, 15) is 9.69 Å². The van der Waals surface area contributed by atoms with Crippen LogP contribution in [0.25, 0.3) is 22.3 Å². The number of aromatic amines is 1. The largest absolute Gasteiger partial charge is 0.382 e. The molecule has 4 aromatic heterocycles. The van der Waals surface area contributed by atoms with Gasteiger partial charge in [-0.15, -0.1) is 0 Å². The quantitative estimate of drug-likeness (QED) is 0.153. The predicted octanol–water partition coefficient (Wildman–Crippen LogP) is 0.584. The van der Waals surface area contributed by atoms with E-state index in [0.29, 0.717) is 11.2 Å². The summed E-state index contributed by atoms with van der Waals surface area (Å²) in [6.07, 6.45) is 0.324. The topological polar surface area (TPSA) is 216 Å². The molecule has 3 saturated heterocycles. The highest BCUT2D eigenvalue weighted by Gasteiger charge is 2.94. The van der Waals surface area contributed by atoms with E-state index in [4.69, 9.17) is 41.8 Å². The lowest BCUT2D eigenvalue weighted by Gasteiger charge is -2.45. The van der Waals surface area contributed by atoms with Crippen molar-refractivity contribution in [2.24, 2.45) is 11.8 Å². The van der Waals surface area contributed by atoms with E-state index in [1.807, 2.05) is 0 Å². The van der Waals surface area contributed by atoms with Crippen molar-refractivity contribution in [1.82, 2.24) is 39.0 Å². The number of halogens is 1. The Kier molecular flexibility index (Phi) is 5.53. The fourth-order valence-electron chi connectivity index (χ4n) is 6.91. The van der Waals surface area contributed by atoms with Gasteiger partial charge >= 0.3 is 6.72 Å². The Hall–Kier alpha value is -2.77. The number of alkyl halides is 1. The van der Waals surface area contributed by atoms with Crippen LogP contribution >= 0.6 is 19.3 Å². The molecule has 3 unspecified atom stereocenters. The molecule has 0 radical (unpaired) electrons. The van der Waals surface area contributed by atoms with Crippen LogP contribution < -0.4 is 17.0 Å². The number of aromatic nitrogens is 8. The van der Waals surface area contributed by atoms with Crippen LogP contribution in [0.2, 0.25) is 0 Å². The molecule has 8 rings (SSSR count). The number of hydrogen-bond acceptors (Lipinski definition) is 14. The van der Waals surface area contributed by atoms with E-state index in [2.05, 4.69) is 42.5 Å². The van der Waals surface area contributed by atoms with E-state index in [-0.39, 0.29) is 41.9 Å². The second-order valence-corrected chi connectivity index (χ2v) is 14.4. The van der Waals surface area contributed by atoms with Gasteiger partial charge in [0.05, 0.1) is 25.2 Å². The van der Waals surface area contributed by atoms with Gasteiger partial charge in [0.25, 0.3) is 5.56 Å². The second kappa shape index (κ2) is 8.66. The summed E-state index contributed by atoms with van der Waals surface area (Å²) in [5, 5.41) is -1.11. The van der Waals surface area contributed by atoms with Crippen molar-refractivity contribution in [1.29, 1.82) is 0 Å². The van der Waals surface area contributed by atoms with E-state index in [1.165, 1.54) is 17.2 Å². The average Bonchev–Trinajstić information content (AvgIpc) is 3.45. The number of nitrogens with zero attached hydrogens (tertiary/aromatic N) is 7. The first-order valence-corrected chi connectivity index (χ1v) is 16.1. The average molecular weight is 639 g/mol. The lowest BCUT2D eigenvalue weighted by atomic mass is 9.88. The van der Waals surface area contributed by atoms with E-state index in [0.717, 1.165) is 0 Å². The molecule has 3 aliphatic heterocycles. The monoisotopic (exact) mass is 638 g/mol. The van der Waals surface area contributed by atoms with Crippen molar-refractivity contribution < 1.29 is 27.8 Å². The van der Waals surface area contributed by atoms with Gasteiger partial charge < -0.3 is 30.4 Å². The Labute approximate surface area is 245 Å². The molecule has 2 spiro atoms. The summed E-state index contributed by atoms with van der Waals surface area (Å²) in [5.41, 5.74) is 10.2. The summed E-state index contributed by atoms with van der Waals surface area (Å²) in [6.45, 7) is -2.48. The van der Waals surface area contributed by atoms with Gasteiger partial charge in [-0.05, 0) is 24.1 Å². The first kappa shape index (κ1) is 26.8. The molecular formula is C22H24FN10O6PS2. The maximum atomic E-state index is 16.4. The number of hydrogen-bond donors (Lipinski definition) is 5. The van der Waals surface area contributed by atoms with Gasteiger partial charge in [0.15, 0.2) is 28.9 Å². The van der Waals surface area contributed by atoms with E-state index >= 15 is 4.39 Å². The van der Waals surface area contributed by atoms with Crippen LogP contribution in [-0.4, -0.2) is 80.1 Å².